The number of esters is 1. The van der Waals surface area contributed by atoms with Crippen molar-refractivity contribution in [1.82, 2.24) is 9.78 Å². The largest absolute Gasteiger partial charge is 0.462 e. The minimum absolute atomic E-state index is 0.0324. The number of hydrogen-bond acceptors (Lipinski definition) is 5. The van der Waals surface area contributed by atoms with Crippen LogP contribution in [0.4, 0.5) is 11.5 Å². The van der Waals surface area contributed by atoms with Crippen LogP contribution in [-0.2, 0) is 9.53 Å². The van der Waals surface area contributed by atoms with E-state index in [1.54, 1.807) is 34.8 Å². The zero-order chi connectivity index (χ0) is 21.8. The van der Waals surface area contributed by atoms with Crippen LogP contribution in [-0.4, -0.2) is 34.3 Å². The third-order valence-electron chi connectivity index (χ3n) is 5.69. The van der Waals surface area contributed by atoms with Gasteiger partial charge in [-0.3, -0.25) is 9.69 Å². The highest BCUT2D eigenvalue weighted by Gasteiger charge is 2.34. The molecule has 7 nitrogen and oxygen atoms in total. The number of hydrogen-bond donors (Lipinski definition) is 1. The maximum atomic E-state index is 13.5. The van der Waals surface area contributed by atoms with Crippen molar-refractivity contribution >= 4 is 23.4 Å². The van der Waals surface area contributed by atoms with Crippen LogP contribution in [0.2, 0.25) is 0 Å². The van der Waals surface area contributed by atoms with Gasteiger partial charge in [0.1, 0.15) is 5.56 Å². The fourth-order valence-electron chi connectivity index (χ4n) is 3.96. The predicted octanol–water partition coefficient (Wildman–Crippen LogP) is 4.20. The van der Waals surface area contributed by atoms with E-state index in [0.29, 0.717) is 23.0 Å². The second-order valence-corrected chi connectivity index (χ2v) is 8.38. The maximum absolute atomic E-state index is 13.5. The number of anilines is 2. The fraction of sp³-hybridized carbons (Fsp3) is 0.522. The van der Waals surface area contributed by atoms with Crippen molar-refractivity contribution in [3.05, 3.63) is 36.0 Å². The number of ether oxygens (including phenoxy) is 1. The molecule has 1 aliphatic rings. The molecule has 1 amide bonds. The average Bonchev–Trinajstić information content (AvgIpc) is 3.14. The molecule has 1 aromatic carbocycles. The van der Waals surface area contributed by atoms with Crippen molar-refractivity contribution in [2.45, 2.75) is 59.4 Å². The number of benzene rings is 1. The van der Waals surface area contributed by atoms with E-state index < -0.39 is 5.97 Å². The number of nitrogen functional groups attached to an aromatic ring is 1. The van der Waals surface area contributed by atoms with Gasteiger partial charge in [-0.05, 0) is 76.6 Å². The van der Waals surface area contributed by atoms with Gasteiger partial charge in [-0.1, -0.05) is 6.92 Å². The zero-order valence-corrected chi connectivity index (χ0v) is 18.3. The van der Waals surface area contributed by atoms with E-state index in [9.17, 15) is 9.59 Å². The molecule has 0 bridgehead atoms. The number of nitrogens with two attached hydrogens (primary N) is 1. The molecular formula is C23H32N4O3. The third kappa shape index (κ3) is 4.66. The van der Waals surface area contributed by atoms with E-state index in [1.807, 2.05) is 26.0 Å². The predicted molar refractivity (Wildman–Crippen MR) is 118 cm³/mol. The lowest BCUT2D eigenvalue weighted by Crippen LogP contribution is -2.43. The monoisotopic (exact) mass is 412 g/mol. The van der Waals surface area contributed by atoms with Crippen LogP contribution in [0, 0.1) is 11.8 Å². The van der Waals surface area contributed by atoms with E-state index in [4.69, 9.17) is 10.5 Å². The van der Waals surface area contributed by atoms with E-state index in [2.05, 4.69) is 12.0 Å². The van der Waals surface area contributed by atoms with Gasteiger partial charge in [-0.15, -0.1) is 5.10 Å². The van der Waals surface area contributed by atoms with Crippen molar-refractivity contribution in [2.24, 2.45) is 11.8 Å². The smallest absolute Gasteiger partial charge is 0.343 e. The van der Waals surface area contributed by atoms with Crippen LogP contribution in [0.15, 0.2) is 30.5 Å². The van der Waals surface area contributed by atoms with Crippen molar-refractivity contribution < 1.29 is 14.3 Å². The number of amides is 1. The Kier molecular flexibility index (Phi) is 6.80. The lowest BCUT2D eigenvalue weighted by atomic mass is 9.82. The average molecular weight is 413 g/mol. The van der Waals surface area contributed by atoms with Crippen molar-refractivity contribution in [3.63, 3.8) is 0 Å². The molecule has 0 spiro atoms. The van der Waals surface area contributed by atoms with Gasteiger partial charge in [-0.25, -0.2) is 9.48 Å². The topological polar surface area (TPSA) is 90.4 Å². The quantitative estimate of drug-likeness (QED) is 0.567. The summed E-state index contributed by atoms with van der Waals surface area (Å²) in [7, 11) is 0. The summed E-state index contributed by atoms with van der Waals surface area (Å²) in [5.74, 6) is 0.514. The number of carbonyl (C=O) groups excluding carboxylic acids is 2. The van der Waals surface area contributed by atoms with E-state index in [0.717, 1.165) is 31.4 Å². The van der Waals surface area contributed by atoms with Crippen LogP contribution in [0.1, 0.15) is 63.7 Å². The highest BCUT2D eigenvalue weighted by Crippen LogP contribution is 2.33. The molecule has 30 heavy (non-hydrogen) atoms. The Balaban J connectivity index is 2.01. The van der Waals surface area contributed by atoms with Gasteiger partial charge < -0.3 is 10.5 Å². The first kappa shape index (κ1) is 21.9. The molecule has 0 aliphatic heterocycles. The highest BCUT2D eigenvalue weighted by molar-refractivity contribution is 6.02. The second kappa shape index (κ2) is 9.32. The molecule has 1 aromatic heterocycles. The van der Waals surface area contributed by atoms with Gasteiger partial charge in [-0.2, -0.15) is 0 Å². The molecular weight excluding hydrogens is 380 g/mol. The second-order valence-electron chi connectivity index (χ2n) is 8.38. The molecule has 3 rings (SSSR count). The first-order valence-corrected chi connectivity index (χ1v) is 10.8. The van der Waals surface area contributed by atoms with Gasteiger partial charge in [0.25, 0.3) is 0 Å². The Morgan fingerprint density at radius 2 is 1.83 bits per heavy atom. The first-order chi connectivity index (χ1) is 14.3. The van der Waals surface area contributed by atoms with Crippen LogP contribution in [0.3, 0.4) is 0 Å². The number of nitrogens with zero attached hydrogens (tertiary/aromatic N) is 3. The number of aromatic nitrogens is 2. The summed E-state index contributed by atoms with van der Waals surface area (Å²) >= 11 is 0. The fourth-order valence-corrected chi connectivity index (χ4v) is 3.96. The normalized spacial score (nSPS) is 19.0. The number of rotatable bonds is 6. The van der Waals surface area contributed by atoms with Crippen molar-refractivity contribution in [1.29, 1.82) is 0 Å². The van der Waals surface area contributed by atoms with Gasteiger partial charge in [0.2, 0.25) is 5.91 Å². The molecule has 1 aliphatic carbocycles. The Morgan fingerprint density at radius 3 is 2.40 bits per heavy atom. The van der Waals surface area contributed by atoms with Gasteiger partial charge in [0.05, 0.1) is 12.3 Å². The standard InChI is InChI=1S/C23H32N4O3/c1-5-30-23(29)20-14-26(19-12-10-18(24)11-13-19)25-21(20)27(15(2)3)22(28)17-8-6-16(4)7-9-17/h10-17H,5-9,24H2,1-4H3. The Bertz CT molecular complexity index is 880. The van der Waals surface area contributed by atoms with Gasteiger partial charge in [0.15, 0.2) is 5.82 Å². The molecule has 162 valence electrons. The molecule has 1 saturated carbocycles. The Morgan fingerprint density at radius 1 is 1.20 bits per heavy atom. The molecule has 1 heterocycles. The summed E-state index contributed by atoms with van der Waals surface area (Å²) in [5.41, 5.74) is 7.48. The molecule has 0 unspecified atom stereocenters. The SMILES string of the molecule is CCOC(=O)c1cn(-c2ccc(N)cc2)nc1N(C(=O)C1CCC(C)CC1)C(C)C. The summed E-state index contributed by atoms with van der Waals surface area (Å²) in [6.45, 7) is 8.13. The maximum Gasteiger partial charge on any atom is 0.343 e. The minimum Gasteiger partial charge on any atom is -0.462 e. The van der Waals surface area contributed by atoms with Crippen LogP contribution in [0.5, 0.6) is 0 Å². The molecule has 0 saturated heterocycles. The summed E-state index contributed by atoms with van der Waals surface area (Å²) in [6.07, 6.45) is 5.47. The summed E-state index contributed by atoms with van der Waals surface area (Å²) in [4.78, 5) is 27.8. The molecule has 2 aromatic rings. The molecule has 1 fully saturated rings. The summed E-state index contributed by atoms with van der Waals surface area (Å²) in [5, 5.41) is 4.65. The summed E-state index contributed by atoms with van der Waals surface area (Å²) in [6, 6.07) is 7.06. The Labute approximate surface area is 178 Å². The van der Waals surface area contributed by atoms with Crippen LogP contribution in [0.25, 0.3) is 5.69 Å². The lowest BCUT2D eigenvalue weighted by molar-refractivity contribution is -0.123. The van der Waals surface area contributed by atoms with Gasteiger partial charge >= 0.3 is 5.97 Å². The molecule has 0 radical (unpaired) electrons. The van der Waals surface area contributed by atoms with Gasteiger partial charge in [0, 0.05) is 23.8 Å². The van der Waals surface area contributed by atoms with Crippen LogP contribution < -0.4 is 10.6 Å². The van der Waals surface area contributed by atoms with E-state index in [-0.39, 0.29) is 24.5 Å². The lowest BCUT2D eigenvalue weighted by Gasteiger charge is -2.32. The van der Waals surface area contributed by atoms with E-state index >= 15 is 0 Å². The highest BCUT2D eigenvalue weighted by atomic mass is 16.5. The Hall–Kier alpha value is -2.83. The van der Waals surface area contributed by atoms with E-state index in [1.165, 1.54) is 0 Å². The van der Waals surface area contributed by atoms with Crippen LogP contribution >= 0.6 is 0 Å². The third-order valence-corrected chi connectivity index (χ3v) is 5.69. The molecule has 7 heteroatoms. The van der Waals surface area contributed by atoms with Crippen molar-refractivity contribution in [2.75, 3.05) is 17.2 Å². The number of carbonyl (C=O) groups is 2. The zero-order valence-electron chi connectivity index (χ0n) is 18.3. The van der Waals surface area contributed by atoms with Crippen molar-refractivity contribution in [3.8, 4) is 5.69 Å². The summed E-state index contributed by atoms with van der Waals surface area (Å²) < 4.78 is 6.86. The minimum atomic E-state index is -0.482. The first-order valence-electron chi connectivity index (χ1n) is 10.8. The molecule has 0 atom stereocenters. The molecule has 2 N–H and O–H groups in total.